The van der Waals surface area contributed by atoms with Gasteiger partial charge in [-0.1, -0.05) is 36.4 Å². The van der Waals surface area contributed by atoms with E-state index in [1.54, 1.807) is 17.0 Å². The van der Waals surface area contributed by atoms with Crippen molar-refractivity contribution < 1.29 is 23.9 Å². The van der Waals surface area contributed by atoms with Crippen LogP contribution in [-0.4, -0.2) is 48.4 Å². The van der Waals surface area contributed by atoms with Crippen LogP contribution in [0, 0.1) is 23.2 Å². The van der Waals surface area contributed by atoms with Gasteiger partial charge in [-0.25, -0.2) is 9.59 Å². The third kappa shape index (κ3) is 4.76. The minimum absolute atomic E-state index is 0.242. The number of hydrogen-bond acceptors (Lipinski definition) is 5. The van der Waals surface area contributed by atoms with Crippen LogP contribution in [0.4, 0.5) is 0 Å². The molecule has 4 bridgehead atoms. The van der Waals surface area contributed by atoms with Gasteiger partial charge >= 0.3 is 11.9 Å². The van der Waals surface area contributed by atoms with Crippen LogP contribution in [-0.2, 0) is 25.5 Å². The Bertz CT molecular complexity index is 1410. The largest absolute Gasteiger partial charge is 0.467 e. The summed E-state index contributed by atoms with van der Waals surface area (Å²) in [6.07, 6.45) is 10.2. The lowest BCUT2D eigenvalue weighted by molar-refractivity contribution is -0.153. The summed E-state index contributed by atoms with van der Waals surface area (Å²) in [5.41, 5.74) is 6.15. The first-order valence-electron chi connectivity index (χ1n) is 15.4. The molecule has 4 fully saturated rings. The predicted molar refractivity (Wildman–Crippen MR) is 160 cm³/mol. The normalized spacial score (nSPS) is 30.6. The maximum atomic E-state index is 13.3. The maximum Gasteiger partial charge on any atom is 0.338 e. The average molecular weight is 588 g/mol. The van der Waals surface area contributed by atoms with Crippen LogP contribution >= 0.6 is 11.6 Å². The van der Waals surface area contributed by atoms with Crippen LogP contribution in [0.2, 0.25) is 0 Å². The molecule has 0 unspecified atom stereocenters. The lowest BCUT2D eigenvalue weighted by atomic mass is 9.49. The molecule has 1 aliphatic heterocycles. The molecule has 6 nitrogen and oxygen atoms in total. The van der Waals surface area contributed by atoms with Crippen LogP contribution in [0.25, 0.3) is 5.57 Å². The Morgan fingerprint density at radius 3 is 2.26 bits per heavy atom. The topological polar surface area (TPSA) is 72.9 Å². The van der Waals surface area contributed by atoms with Crippen molar-refractivity contribution >= 4 is 35.0 Å². The first-order chi connectivity index (χ1) is 20.4. The molecule has 4 saturated carbocycles. The molecule has 2 aromatic carbocycles. The summed E-state index contributed by atoms with van der Waals surface area (Å²) in [5.74, 6) is 1.30. The first-order valence-corrected chi connectivity index (χ1v) is 15.9. The van der Waals surface area contributed by atoms with Crippen molar-refractivity contribution in [2.75, 3.05) is 19.6 Å². The molecule has 0 radical (unpaired) electrons. The van der Waals surface area contributed by atoms with Gasteiger partial charge < -0.3 is 14.4 Å². The highest BCUT2D eigenvalue weighted by Crippen LogP contribution is 2.61. The monoisotopic (exact) mass is 587 g/mol. The van der Waals surface area contributed by atoms with Crippen LogP contribution in [0.15, 0.2) is 54.1 Å². The summed E-state index contributed by atoms with van der Waals surface area (Å²) in [4.78, 5) is 40.9. The number of esters is 2. The predicted octanol–water partition coefficient (Wildman–Crippen LogP) is 6.51. The highest BCUT2D eigenvalue weighted by atomic mass is 35.5. The molecule has 1 amide bonds. The minimum atomic E-state index is -0.787. The van der Waals surface area contributed by atoms with Gasteiger partial charge in [0, 0.05) is 6.42 Å². The smallest absolute Gasteiger partial charge is 0.338 e. The van der Waals surface area contributed by atoms with E-state index in [0.29, 0.717) is 30.4 Å². The van der Waals surface area contributed by atoms with Gasteiger partial charge in [0.15, 0.2) is 0 Å². The summed E-state index contributed by atoms with van der Waals surface area (Å²) in [5, 5.41) is 0. The van der Waals surface area contributed by atoms with Crippen LogP contribution in [0.5, 0.6) is 0 Å². The Labute approximate surface area is 252 Å². The second kappa shape index (κ2) is 10.9. The van der Waals surface area contributed by atoms with Crippen molar-refractivity contribution in [3.8, 4) is 0 Å². The number of alkyl halides is 1. The number of carbonyl (C=O) groups is 3. The number of amides is 1. The van der Waals surface area contributed by atoms with Gasteiger partial charge in [-0.15, -0.1) is 11.6 Å². The van der Waals surface area contributed by atoms with Crippen molar-refractivity contribution in [3.05, 3.63) is 76.4 Å². The Kier molecular flexibility index (Phi) is 7.16. The summed E-state index contributed by atoms with van der Waals surface area (Å²) in [6.45, 7) is 0.461. The van der Waals surface area contributed by atoms with Gasteiger partial charge in [0.05, 0.1) is 25.3 Å². The van der Waals surface area contributed by atoms with Crippen molar-refractivity contribution in [2.24, 2.45) is 23.2 Å². The molecule has 0 saturated heterocycles. The number of nitrogens with zero attached hydrogens (tertiary/aromatic N) is 1. The molecule has 0 aromatic heterocycles. The number of rotatable bonds is 7. The van der Waals surface area contributed by atoms with Crippen LogP contribution in [0.1, 0.15) is 84.5 Å². The van der Waals surface area contributed by atoms with Gasteiger partial charge in [-0.3, -0.25) is 4.79 Å². The Morgan fingerprint density at radius 2 is 1.62 bits per heavy atom. The molecule has 0 N–H and O–H groups in total. The molecule has 5 aliphatic carbocycles. The van der Waals surface area contributed by atoms with E-state index >= 15 is 0 Å². The van der Waals surface area contributed by atoms with E-state index in [1.807, 2.05) is 24.3 Å². The van der Waals surface area contributed by atoms with E-state index in [1.165, 1.54) is 51.2 Å². The Hall–Kier alpha value is -3.12. The zero-order valence-corrected chi connectivity index (χ0v) is 24.9. The Morgan fingerprint density at radius 1 is 0.952 bits per heavy atom. The quantitative estimate of drug-likeness (QED) is 0.273. The Balaban J connectivity index is 1.11. The maximum absolute atomic E-state index is 13.3. The highest BCUT2D eigenvalue weighted by Gasteiger charge is 2.50. The summed E-state index contributed by atoms with van der Waals surface area (Å²) in [7, 11) is 1.34. The van der Waals surface area contributed by atoms with E-state index in [-0.39, 0.29) is 17.8 Å². The second-order valence-corrected chi connectivity index (χ2v) is 13.6. The van der Waals surface area contributed by atoms with E-state index < -0.39 is 18.1 Å². The zero-order valence-electron chi connectivity index (χ0n) is 24.2. The lowest BCUT2D eigenvalue weighted by Gasteiger charge is -2.57. The first kappa shape index (κ1) is 27.7. The average Bonchev–Trinajstić information content (AvgIpc) is 3.37. The van der Waals surface area contributed by atoms with E-state index in [9.17, 15) is 14.4 Å². The SMILES string of the molecule is COC(=O)[C@H]1CC2=C(Cc3ccccc32)[C@H](c2ccc(C(=O)OCCC34CC5CC(CC(C5)C3)C4)cc2)N1C(=O)CCl. The third-order valence-electron chi connectivity index (χ3n) is 10.8. The summed E-state index contributed by atoms with van der Waals surface area (Å²) in [6, 6.07) is 14.2. The van der Waals surface area contributed by atoms with Crippen molar-refractivity contribution in [1.29, 1.82) is 0 Å². The van der Waals surface area contributed by atoms with Crippen LogP contribution < -0.4 is 0 Å². The second-order valence-electron chi connectivity index (χ2n) is 13.3. The molecule has 0 spiro atoms. The van der Waals surface area contributed by atoms with Gasteiger partial charge in [-0.05, 0) is 115 Å². The molecule has 42 heavy (non-hydrogen) atoms. The number of halogens is 1. The van der Waals surface area contributed by atoms with Crippen molar-refractivity contribution in [2.45, 2.75) is 69.9 Å². The van der Waals surface area contributed by atoms with Crippen LogP contribution in [0.3, 0.4) is 0 Å². The fourth-order valence-electron chi connectivity index (χ4n) is 9.52. The number of fused-ring (bicyclic) bond motifs is 2. The third-order valence-corrected chi connectivity index (χ3v) is 11.0. The number of methoxy groups -OCH3 is 1. The molecule has 1 heterocycles. The molecule has 2 atom stereocenters. The van der Waals surface area contributed by atoms with E-state index in [4.69, 9.17) is 21.1 Å². The number of hydrogen-bond donors (Lipinski definition) is 0. The van der Waals surface area contributed by atoms with E-state index in [0.717, 1.165) is 46.4 Å². The fraction of sp³-hybridized carbons (Fsp3) is 0.514. The van der Waals surface area contributed by atoms with Crippen molar-refractivity contribution in [3.63, 3.8) is 0 Å². The molecular formula is C35H38ClNO5. The van der Waals surface area contributed by atoms with Gasteiger partial charge in [0.2, 0.25) is 5.91 Å². The lowest BCUT2D eigenvalue weighted by Crippen LogP contribution is -2.51. The number of ether oxygens (including phenoxy) is 2. The standard InChI is InChI=1S/C35H38ClNO5/c1-41-34(40)30-16-28-27-5-3-2-4-26(27)15-29(28)32(37(30)31(38)20-36)24-6-8-25(9-7-24)33(39)42-11-10-35-17-21-12-22(18-35)14-23(13-21)19-35/h2-9,21-23,30,32H,10-20H2,1H3/t21?,22?,23?,30-,32+,35?/m1/s1. The molecule has 6 aliphatic rings. The van der Waals surface area contributed by atoms with E-state index in [2.05, 4.69) is 12.1 Å². The van der Waals surface area contributed by atoms with Gasteiger partial charge in [0.1, 0.15) is 11.9 Å². The molecule has 2 aromatic rings. The minimum Gasteiger partial charge on any atom is -0.467 e. The molecule has 220 valence electrons. The molecule has 8 rings (SSSR count). The highest BCUT2D eigenvalue weighted by molar-refractivity contribution is 6.27. The number of carbonyl (C=O) groups excluding carboxylic acids is 3. The van der Waals surface area contributed by atoms with Gasteiger partial charge in [0.25, 0.3) is 0 Å². The van der Waals surface area contributed by atoms with Gasteiger partial charge in [-0.2, -0.15) is 0 Å². The zero-order chi connectivity index (χ0) is 29.0. The molecule has 7 heteroatoms. The fourth-order valence-corrected chi connectivity index (χ4v) is 9.66. The van der Waals surface area contributed by atoms with Crippen molar-refractivity contribution in [1.82, 2.24) is 4.90 Å². The summed E-state index contributed by atoms with van der Waals surface area (Å²) >= 11 is 6.08. The number of benzene rings is 2. The molecular weight excluding hydrogens is 550 g/mol. The summed E-state index contributed by atoms with van der Waals surface area (Å²) < 4.78 is 11.0.